The summed E-state index contributed by atoms with van der Waals surface area (Å²) < 4.78 is 17.6. The Hall–Kier alpha value is -3.16. The van der Waals surface area contributed by atoms with E-state index in [0.717, 1.165) is 116 Å². The topological polar surface area (TPSA) is 175 Å². The van der Waals surface area contributed by atoms with E-state index in [-0.39, 0.29) is 19.4 Å². The lowest BCUT2D eigenvalue weighted by atomic mass is 9.99. The summed E-state index contributed by atoms with van der Waals surface area (Å²) in [7, 11) is 0. The van der Waals surface area contributed by atoms with Crippen LogP contribution in [-0.4, -0.2) is 99.6 Å². The third-order valence-corrected chi connectivity index (χ3v) is 14.8. The summed E-state index contributed by atoms with van der Waals surface area (Å²) in [5.74, 6) is -1.20. The van der Waals surface area contributed by atoms with Gasteiger partial charge in [-0.25, -0.2) is 0 Å². The maximum atomic E-state index is 13.4. The third kappa shape index (κ3) is 43.2. The summed E-state index contributed by atoms with van der Waals surface area (Å²) in [4.78, 5) is 26.5. The van der Waals surface area contributed by atoms with Crippen molar-refractivity contribution in [1.29, 1.82) is 0 Å². The number of aliphatic hydroxyl groups excluding tert-OH is 5. The molecule has 0 bridgehead atoms. The monoisotopic (exact) mass is 1110 g/mol. The Bertz CT molecular complexity index is 1610. The van der Waals surface area contributed by atoms with Crippen LogP contribution in [0.5, 0.6) is 0 Å². The molecule has 1 amide bonds. The van der Waals surface area contributed by atoms with Gasteiger partial charge in [-0.1, -0.05) is 273 Å². The van der Waals surface area contributed by atoms with Gasteiger partial charge in [-0.05, 0) is 77.0 Å². The average Bonchev–Trinajstić information content (AvgIpc) is 3.44. The molecule has 0 aromatic rings. The fraction of sp³-hybridized carbons (Fsp3) is 0.765. The summed E-state index contributed by atoms with van der Waals surface area (Å²) in [5, 5.41) is 57.0. The summed E-state index contributed by atoms with van der Waals surface area (Å²) in [5.41, 5.74) is 0. The molecular weight excluding hydrogens is 991 g/mol. The fourth-order valence-corrected chi connectivity index (χ4v) is 9.71. The number of carbonyl (C=O) groups excluding carboxylic acids is 2. The lowest BCUT2D eigenvalue weighted by Crippen LogP contribution is -2.61. The van der Waals surface area contributed by atoms with Crippen LogP contribution in [0.15, 0.2) is 85.1 Å². The van der Waals surface area contributed by atoms with Crippen LogP contribution in [0.3, 0.4) is 0 Å². The minimum atomic E-state index is -1.61. The van der Waals surface area contributed by atoms with Crippen LogP contribution in [0.25, 0.3) is 0 Å². The largest absolute Gasteiger partial charge is 0.454 e. The summed E-state index contributed by atoms with van der Waals surface area (Å²) in [6, 6.07) is -1.03. The molecule has 456 valence electrons. The standard InChI is InChI=1S/C68H119NO10/c1-4-7-10-13-16-19-22-24-25-26-27-28-29-30-31-32-33-34-35-36-38-40-43-46-49-52-55-61(72)67(76)69-59(60(71)54-51-48-45-42-39-21-18-15-12-9-6-3)58-77-68-66(65(75)64(74)62(57-70)78-68)79-63(73)56-53-50-47-44-41-37-23-20-17-14-11-8-5-2/h7,10,16,19,24-25,27-28,30-31,33-34,51,54,59-62,64-66,68,70-72,74-75H,4-6,8-9,11-15,17-18,20-23,26,29,32,35-50,52-53,55-58H2,1-3H3,(H,69,76)/b10-7-,19-16-,25-24-,28-27-,31-30-,34-33-,54-51+. The van der Waals surface area contributed by atoms with Gasteiger partial charge in [-0.2, -0.15) is 0 Å². The van der Waals surface area contributed by atoms with Gasteiger partial charge in [0.15, 0.2) is 12.4 Å². The predicted octanol–water partition coefficient (Wildman–Crippen LogP) is 15.7. The molecule has 1 aliphatic rings. The van der Waals surface area contributed by atoms with Gasteiger partial charge < -0.3 is 45.1 Å². The molecule has 0 spiro atoms. The molecule has 79 heavy (non-hydrogen) atoms. The number of nitrogens with one attached hydrogen (secondary N) is 1. The van der Waals surface area contributed by atoms with Crippen LogP contribution in [-0.2, 0) is 23.8 Å². The molecule has 0 saturated carbocycles. The molecule has 6 N–H and O–H groups in total. The van der Waals surface area contributed by atoms with Crippen molar-refractivity contribution in [2.24, 2.45) is 0 Å². The molecule has 0 aliphatic carbocycles. The molecule has 8 atom stereocenters. The number of allylic oxidation sites excluding steroid dienone is 13. The smallest absolute Gasteiger partial charge is 0.306 e. The molecular formula is C68H119NO10. The number of amides is 1. The Labute approximate surface area is 483 Å². The molecule has 0 aromatic heterocycles. The normalized spacial score (nSPS) is 19.4. The predicted molar refractivity (Wildman–Crippen MR) is 329 cm³/mol. The van der Waals surface area contributed by atoms with Gasteiger partial charge in [0.2, 0.25) is 5.91 Å². The Morgan fingerprint density at radius 3 is 1.37 bits per heavy atom. The zero-order chi connectivity index (χ0) is 57.5. The highest BCUT2D eigenvalue weighted by atomic mass is 16.7. The Morgan fingerprint density at radius 1 is 0.506 bits per heavy atom. The summed E-state index contributed by atoms with van der Waals surface area (Å²) in [6.07, 6.45) is 62.0. The minimum Gasteiger partial charge on any atom is -0.454 e. The maximum Gasteiger partial charge on any atom is 0.306 e. The first kappa shape index (κ1) is 73.9. The van der Waals surface area contributed by atoms with Crippen LogP contribution >= 0.6 is 0 Å². The summed E-state index contributed by atoms with van der Waals surface area (Å²) >= 11 is 0. The fourth-order valence-electron chi connectivity index (χ4n) is 9.71. The maximum absolute atomic E-state index is 13.4. The molecule has 11 nitrogen and oxygen atoms in total. The number of carbonyl (C=O) groups is 2. The van der Waals surface area contributed by atoms with Crippen molar-refractivity contribution in [1.82, 2.24) is 5.32 Å². The zero-order valence-corrected chi connectivity index (χ0v) is 50.5. The first-order valence-electron chi connectivity index (χ1n) is 32.4. The molecule has 8 unspecified atom stereocenters. The van der Waals surface area contributed by atoms with Crippen molar-refractivity contribution in [3.8, 4) is 0 Å². The quantitative estimate of drug-likeness (QED) is 0.0195. The van der Waals surface area contributed by atoms with Crippen LogP contribution in [0, 0.1) is 0 Å². The first-order chi connectivity index (χ1) is 38.7. The number of aliphatic hydroxyl groups is 5. The first-order valence-corrected chi connectivity index (χ1v) is 32.4. The van der Waals surface area contributed by atoms with Crippen molar-refractivity contribution in [2.45, 2.75) is 320 Å². The molecule has 11 heteroatoms. The van der Waals surface area contributed by atoms with Gasteiger partial charge in [0, 0.05) is 6.42 Å². The molecule has 1 heterocycles. The van der Waals surface area contributed by atoms with Crippen molar-refractivity contribution >= 4 is 11.9 Å². The highest BCUT2D eigenvalue weighted by Gasteiger charge is 2.47. The van der Waals surface area contributed by atoms with E-state index in [9.17, 15) is 35.1 Å². The van der Waals surface area contributed by atoms with Gasteiger partial charge in [0.25, 0.3) is 0 Å². The Kier molecular flexibility index (Phi) is 51.8. The average molecular weight is 1110 g/mol. The minimum absolute atomic E-state index is 0.123. The molecule has 0 radical (unpaired) electrons. The second-order valence-corrected chi connectivity index (χ2v) is 22.1. The highest BCUT2D eigenvalue weighted by Crippen LogP contribution is 2.26. The second kappa shape index (κ2) is 55.4. The zero-order valence-electron chi connectivity index (χ0n) is 50.5. The van der Waals surface area contributed by atoms with E-state index >= 15 is 0 Å². The highest BCUT2D eigenvalue weighted by molar-refractivity contribution is 5.80. The third-order valence-electron chi connectivity index (χ3n) is 14.8. The molecule has 0 aromatic carbocycles. The Morgan fingerprint density at radius 2 is 0.911 bits per heavy atom. The van der Waals surface area contributed by atoms with Crippen LogP contribution < -0.4 is 5.32 Å². The molecule has 1 rings (SSSR count). The number of unbranched alkanes of at least 4 members (excludes halogenated alkanes) is 28. The summed E-state index contributed by atoms with van der Waals surface area (Å²) in [6.45, 7) is 5.66. The molecule has 1 fully saturated rings. The van der Waals surface area contributed by atoms with E-state index in [1.165, 1.54) is 109 Å². The van der Waals surface area contributed by atoms with Crippen molar-refractivity contribution < 1.29 is 49.3 Å². The van der Waals surface area contributed by atoms with E-state index in [4.69, 9.17) is 14.2 Å². The van der Waals surface area contributed by atoms with E-state index in [1.54, 1.807) is 6.08 Å². The van der Waals surface area contributed by atoms with Gasteiger partial charge in [-0.15, -0.1) is 0 Å². The molecule has 1 aliphatic heterocycles. The number of hydrogen-bond acceptors (Lipinski definition) is 10. The van der Waals surface area contributed by atoms with Gasteiger partial charge in [0.05, 0.1) is 25.4 Å². The Balaban J connectivity index is 2.60. The number of esters is 1. The van der Waals surface area contributed by atoms with Crippen LogP contribution in [0.4, 0.5) is 0 Å². The van der Waals surface area contributed by atoms with E-state index in [0.29, 0.717) is 12.8 Å². The lowest BCUT2D eigenvalue weighted by Gasteiger charge is -2.41. The van der Waals surface area contributed by atoms with Crippen LogP contribution in [0.2, 0.25) is 0 Å². The van der Waals surface area contributed by atoms with E-state index in [2.05, 4.69) is 99.0 Å². The SMILES string of the molecule is CC/C=C\C/C=C\C/C=C\C/C=C\C/C=C\C/C=C\CCCCCCCCCC(O)C(=O)NC(COC1OC(CO)C(O)C(O)C1OC(=O)CCCCCCCCCCCCCCC)C(O)/C=C/CCCCCCCCCCC. The van der Waals surface area contributed by atoms with Gasteiger partial charge in [-0.3, -0.25) is 9.59 Å². The number of ether oxygens (including phenoxy) is 3. The molecule has 1 saturated heterocycles. The van der Waals surface area contributed by atoms with Gasteiger partial charge >= 0.3 is 5.97 Å². The van der Waals surface area contributed by atoms with E-state index < -0.39 is 67.4 Å². The lowest BCUT2D eigenvalue weighted by molar-refractivity contribution is -0.305. The van der Waals surface area contributed by atoms with Crippen molar-refractivity contribution in [2.75, 3.05) is 13.2 Å². The number of hydrogen-bond donors (Lipinski definition) is 6. The van der Waals surface area contributed by atoms with E-state index in [1.807, 2.05) is 6.08 Å². The number of rotatable bonds is 54. The van der Waals surface area contributed by atoms with Gasteiger partial charge in [0.1, 0.15) is 24.4 Å². The van der Waals surface area contributed by atoms with Crippen molar-refractivity contribution in [3.05, 3.63) is 85.1 Å². The second-order valence-electron chi connectivity index (χ2n) is 22.1. The van der Waals surface area contributed by atoms with Crippen LogP contribution in [0.1, 0.15) is 271 Å². The van der Waals surface area contributed by atoms with Crippen molar-refractivity contribution in [3.63, 3.8) is 0 Å².